The molecule has 0 fully saturated rings. The first kappa shape index (κ1) is 28.5. The van der Waals surface area contributed by atoms with E-state index in [1.54, 1.807) is 27.7 Å². The lowest BCUT2D eigenvalue weighted by molar-refractivity contribution is -0.143. The van der Waals surface area contributed by atoms with Crippen LogP contribution in [0.4, 0.5) is 26.3 Å². The van der Waals surface area contributed by atoms with Crippen LogP contribution in [0.2, 0.25) is 0 Å². The molecule has 2 aromatic heterocycles. The topological polar surface area (TPSA) is 44.0 Å². The van der Waals surface area contributed by atoms with Gasteiger partial charge in [-0.2, -0.15) is 26.3 Å². The van der Waals surface area contributed by atoms with Crippen molar-refractivity contribution in [1.29, 1.82) is 0 Å². The summed E-state index contributed by atoms with van der Waals surface area (Å²) in [7, 11) is 1.14. The molecule has 4 nitrogen and oxygen atoms in total. The largest absolute Gasteiger partial charge is 0.431 e. The zero-order chi connectivity index (χ0) is 24.7. The zero-order valence-corrected chi connectivity index (χ0v) is 18.5. The molecule has 31 heavy (non-hydrogen) atoms. The van der Waals surface area contributed by atoms with Crippen molar-refractivity contribution in [2.75, 3.05) is 0 Å². The smallest absolute Gasteiger partial charge is 0.313 e. The van der Waals surface area contributed by atoms with Gasteiger partial charge in [0, 0.05) is 30.9 Å². The highest BCUT2D eigenvalue weighted by Gasteiger charge is 2.34. The van der Waals surface area contributed by atoms with Gasteiger partial charge >= 0.3 is 12.4 Å². The molecule has 0 saturated carbocycles. The van der Waals surface area contributed by atoms with Crippen LogP contribution in [0, 0.1) is 0 Å². The number of aromatic nitrogens is 2. The second-order valence-corrected chi connectivity index (χ2v) is 6.94. The average Bonchev–Trinajstić information content (AvgIpc) is 2.63. The van der Waals surface area contributed by atoms with E-state index in [9.17, 15) is 35.9 Å². The summed E-state index contributed by atoms with van der Waals surface area (Å²) in [5, 5.41) is 0. The third kappa shape index (κ3) is 7.91. The molecular formula is C21H28F6N2O2. The lowest BCUT2D eigenvalue weighted by atomic mass is 10.0. The summed E-state index contributed by atoms with van der Waals surface area (Å²) in [6.07, 6.45) is -7.77. The van der Waals surface area contributed by atoms with Crippen LogP contribution in [0.3, 0.4) is 0 Å². The van der Waals surface area contributed by atoms with Crippen LogP contribution in [0.1, 0.15) is 70.3 Å². The van der Waals surface area contributed by atoms with Gasteiger partial charge in [-0.15, -0.1) is 0 Å². The molecule has 0 aliphatic rings. The number of rotatable bonds is 2. The van der Waals surface area contributed by atoms with Gasteiger partial charge in [0.2, 0.25) is 0 Å². The lowest BCUT2D eigenvalue weighted by Gasteiger charge is -2.14. The molecule has 0 N–H and O–H groups in total. The molecule has 0 aliphatic carbocycles. The second kappa shape index (κ2) is 11.2. The van der Waals surface area contributed by atoms with Crippen molar-refractivity contribution in [3.63, 3.8) is 0 Å². The van der Waals surface area contributed by atoms with Gasteiger partial charge < -0.3 is 9.13 Å². The van der Waals surface area contributed by atoms with Crippen molar-refractivity contribution in [2.24, 2.45) is 7.05 Å². The Kier molecular flexibility index (Phi) is 10.3. The van der Waals surface area contributed by atoms with Crippen LogP contribution in [0.5, 0.6) is 0 Å². The predicted molar refractivity (Wildman–Crippen MR) is 108 cm³/mol. The summed E-state index contributed by atoms with van der Waals surface area (Å²) in [5.74, 6) is -0.0778. The van der Waals surface area contributed by atoms with Crippen LogP contribution in [0.15, 0.2) is 40.1 Å². The van der Waals surface area contributed by atoms with E-state index in [0.717, 1.165) is 25.4 Å². The Labute approximate surface area is 177 Å². The summed E-state index contributed by atoms with van der Waals surface area (Å²) >= 11 is 0. The Morgan fingerprint density at radius 2 is 1.35 bits per heavy atom. The van der Waals surface area contributed by atoms with Gasteiger partial charge in [-0.3, -0.25) is 9.59 Å². The van der Waals surface area contributed by atoms with E-state index >= 15 is 0 Å². The fourth-order valence-corrected chi connectivity index (χ4v) is 2.47. The van der Waals surface area contributed by atoms with Gasteiger partial charge in [-0.25, -0.2) is 0 Å². The number of alkyl halides is 6. The van der Waals surface area contributed by atoms with E-state index in [1.807, 2.05) is 13.8 Å². The van der Waals surface area contributed by atoms with Gasteiger partial charge in [0.1, 0.15) is 5.69 Å². The fourth-order valence-electron chi connectivity index (χ4n) is 2.47. The van der Waals surface area contributed by atoms with Crippen molar-refractivity contribution in [3.05, 3.63) is 68.0 Å². The van der Waals surface area contributed by atoms with E-state index in [0.29, 0.717) is 16.2 Å². The Bertz CT molecular complexity index is 954. The summed E-state index contributed by atoms with van der Waals surface area (Å²) in [6, 6.07) is 3.57. The van der Waals surface area contributed by atoms with E-state index in [1.165, 1.54) is 10.6 Å². The van der Waals surface area contributed by atoms with Gasteiger partial charge in [0.25, 0.3) is 11.1 Å². The molecule has 0 saturated heterocycles. The zero-order valence-electron chi connectivity index (χ0n) is 18.5. The minimum Gasteiger partial charge on any atom is -0.313 e. The summed E-state index contributed by atoms with van der Waals surface area (Å²) < 4.78 is 75.6. The molecule has 0 radical (unpaired) electrons. The normalized spacial score (nSPS) is 11.6. The summed E-state index contributed by atoms with van der Waals surface area (Å²) in [4.78, 5) is 22.7. The Morgan fingerprint density at radius 1 is 0.839 bits per heavy atom. The molecule has 2 rings (SSSR count). The number of pyridine rings is 2. The van der Waals surface area contributed by atoms with Crippen molar-refractivity contribution >= 4 is 0 Å². The highest BCUT2D eigenvalue weighted by atomic mass is 19.4. The molecule has 0 bridgehead atoms. The SMILES string of the molecule is CC.CC(C)c1ccc(C(F)(F)F)n(C)c1=O.CC(C)n1ccc(C(F)(F)F)cc1=O. The van der Waals surface area contributed by atoms with Crippen molar-refractivity contribution in [3.8, 4) is 0 Å². The quantitative estimate of drug-likeness (QED) is 0.523. The van der Waals surface area contributed by atoms with Crippen molar-refractivity contribution < 1.29 is 26.3 Å². The first-order valence-electron chi connectivity index (χ1n) is 9.63. The highest BCUT2D eigenvalue weighted by Crippen LogP contribution is 2.29. The third-order valence-electron chi connectivity index (χ3n) is 4.08. The summed E-state index contributed by atoms with van der Waals surface area (Å²) in [6.45, 7) is 11.0. The number of hydrogen-bond donors (Lipinski definition) is 0. The molecule has 0 aromatic carbocycles. The maximum atomic E-state index is 12.4. The van der Waals surface area contributed by atoms with Crippen LogP contribution >= 0.6 is 0 Å². The number of hydrogen-bond acceptors (Lipinski definition) is 2. The van der Waals surface area contributed by atoms with Crippen LogP contribution in [0.25, 0.3) is 0 Å². The van der Waals surface area contributed by atoms with E-state index in [-0.39, 0.29) is 12.0 Å². The molecule has 2 heterocycles. The molecule has 176 valence electrons. The molecular weight excluding hydrogens is 426 g/mol. The lowest BCUT2D eigenvalue weighted by Crippen LogP contribution is -2.28. The maximum Gasteiger partial charge on any atom is 0.431 e. The molecule has 10 heteroatoms. The van der Waals surface area contributed by atoms with Gasteiger partial charge in [0.15, 0.2) is 0 Å². The van der Waals surface area contributed by atoms with Gasteiger partial charge in [-0.1, -0.05) is 33.8 Å². The highest BCUT2D eigenvalue weighted by molar-refractivity contribution is 5.20. The Balaban J connectivity index is 0.000000539. The molecule has 0 aliphatic heterocycles. The Morgan fingerprint density at radius 3 is 1.71 bits per heavy atom. The molecule has 0 spiro atoms. The molecule has 0 unspecified atom stereocenters. The predicted octanol–water partition coefficient (Wildman–Crippen LogP) is 6.00. The van der Waals surface area contributed by atoms with Crippen molar-refractivity contribution in [1.82, 2.24) is 9.13 Å². The van der Waals surface area contributed by atoms with Gasteiger partial charge in [-0.05, 0) is 31.9 Å². The van der Waals surface area contributed by atoms with E-state index in [4.69, 9.17) is 0 Å². The number of nitrogens with zero attached hydrogens (tertiary/aromatic N) is 2. The average molecular weight is 454 g/mol. The molecule has 2 aromatic rings. The first-order chi connectivity index (χ1) is 14.1. The minimum absolute atomic E-state index is 0.0778. The standard InChI is InChI=1S/C10H12F3NO.C9H10F3NO.C2H6/c1-6(2)7-4-5-8(10(11,12)13)14(3)9(7)15;1-6(2)13-4-3-7(5-8(13)14)9(10,11)12;1-2/h4-6H,1-3H3;3-6H,1-2H3;1-2H3. The number of halogens is 6. The maximum absolute atomic E-state index is 12.4. The van der Waals surface area contributed by atoms with Crippen LogP contribution in [-0.2, 0) is 19.4 Å². The molecule has 0 amide bonds. The minimum atomic E-state index is -4.48. The summed E-state index contributed by atoms with van der Waals surface area (Å²) in [5.41, 5.74) is -2.64. The fraction of sp³-hybridized carbons (Fsp3) is 0.524. The first-order valence-corrected chi connectivity index (χ1v) is 9.63. The second-order valence-electron chi connectivity index (χ2n) is 6.94. The van der Waals surface area contributed by atoms with Crippen LogP contribution < -0.4 is 11.1 Å². The van der Waals surface area contributed by atoms with Gasteiger partial charge in [0.05, 0.1) is 5.56 Å². The van der Waals surface area contributed by atoms with Crippen LogP contribution in [-0.4, -0.2) is 9.13 Å². The monoisotopic (exact) mass is 454 g/mol. The van der Waals surface area contributed by atoms with E-state index in [2.05, 4.69) is 0 Å². The third-order valence-corrected chi connectivity index (χ3v) is 4.08. The molecule has 0 atom stereocenters. The van der Waals surface area contributed by atoms with E-state index < -0.39 is 34.7 Å². The van der Waals surface area contributed by atoms with Crippen molar-refractivity contribution in [2.45, 2.75) is 65.9 Å². The Hall–Kier alpha value is -2.52.